The number of hydrogen-bond acceptors (Lipinski definition) is 2. The Morgan fingerprint density at radius 3 is 1.83 bits per heavy atom. The van der Waals surface area contributed by atoms with Gasteiger partial charge in [-0.25, -0.2) is 18.0 Å². The van der Waals surface area contributed by atoms with E-state index in [9.17, 15) is 39.9 Å². The standard InChI is InChI=1S/C14H4F8O2/c15-7-8(16)10(18)12(11(19)9(7)17)24-13(23)5-2-1-3-6(4-5)14(20,21)22/h1-4H. The molecule has 0 fully saturated rings. The zero-order valence-electron chi connectivity index (χ0n) is 11.1. The maximum atomic E-state index is 13.4. The SMILES string of the molecule is O=C(Oc1c(F)c(F)c(F)c(F)c1F)c1cccc(C(F)(F)F)c1. The number of carbonyl (C=O) groups is 1. The molecule has 0 bridgehead atoms. The van der Waals surface area contributed by atoms with Gasteiger partial charge in [-0.1, -0.05) is 6.07 Å². The van der Waals surface area contributed by atoms with Crippen molar-refractivity contribution in [1.29, 1.82) is 0 Å². The van der Waals surface area contributed by atoms with Crippen LogP contribution in [0.3, 0.4) is 0 Å². The van der Waals surface area contributed by atoms with E-state index in [1.54, 1.807) is 0 Å². The van der Waals surface area contributed by atoms with Gasteiger partial charge in [-0.05, 0) is 18.2 Å². The predicted octanol–water partition coefficient (Wildman–Crippen LogP) is 4.62. The summed E-state index contributed by atoms with van der Waals surface area (Å²) in [5.41, 5.74) is -2.07. The van der Waals surface area contributed by atoms with Gasteiger partial charge < -0.3 is 4.74 Å². The molecule has 24 heavy (non-hydrogen) atoms. The molecule has 0 saturated heterocycles. The topological polar surface area (TPSA) is 26.3 Å². The summed E-state index contributed by atoms with van der Waals surface area (Å²) in [7, 11) is 0. The first kappa shape index (κ1) is 17.7. The van der Waals surface area contributed by atoms with E-state index >= 15 is 0 Å². The fourth-order valence-corrected chi connectivity index (χ4v) is 1.65. The molecule has 0 atom stereocenters. The molecule has 0 aliphatic carbocycles. The van der Waals surface area contributed by atoms with Crippen molar-refractivity contribution in [2.45, 2.75) is 6.18 Å². The van der Waals surface area contributed by atoms with Crippen molar-refractivity contribution < 1.29 is 44.7 Å². The lowest BCUT2D eigenvalue weighted by Gasteiger charge is -2.10. The number of alkyl halides is 3. The minimum atomic E-state index is -4.82. The smallest absolute Gasteiger partial charge is 0.416 e. The molecule has 10 heteroatoms. The number of benzene rings is 2. The summed E-state index contributed by atoms with van der Waals surface area (Å²) >= 11 is 0. The molecule has 0 N–H and O–H groups in total. The Morgan fingerprint density at radius 2 is 1.33 bits per heavy atom. The number of halogens is 8. The monoisotopic (exact) mass is 356 g/mol. The van der Waals surface area contributed by atoms with Crippen LogP contribution in [0.4, 0.5) is 35.1 Å². The maximum absolute atomic E-state index is 13.4. The molecule has 0 radical (unpaired) electrons. The largest absolute Gasteiger partial charge is 0.416 e. The molecule has 2 rings (SSSR count). The highest BCUT2D eigenvalue weighted by Crippen LogP contribution is 2.31. The Morgan fingerprint density at radius 1 is 0.833 bits per heavy atom. The second kappa shape index (κ2) is 6.10. The average Bonchev–Trinajstić information content (AvgIpc) is 2.54. The van der Waals surface area contributed by atoms with Gasteiger partial charge >= 0.3 is 12.1 Å². The van der Waals surface area contributed by atoms with E-state index in [0.717, 1.165) is 12.1 Å². The summed E-state index contributed by atoms with van der Waals surface area (Å²) in [6.07, 6.45) is -4.82. The van der Waals surface area contributed by atoms with Crippen LogP contribution in [0.15, 0.2) is 24.3 Å². The molecule has 0 aromatic heterocycles. The first-order chi connectivity index (χ1) is 11.0. The minimum absolute atomic E-state index is 0.300. The highest BCUT2D eigenvalue weighted by molar-refractivity contribution is 5.91. The van der Waals surface area contributed by atoms with E-state index < -0.39 is 58.1 Å². The van der Waals surface area contributed by atoms with Gasteiger partial charge in [0.15, 0.2) is 0 Å². The van der Waals surface area contributed by atoms with Crippen molar-refractivity contribution in [3.8, 4) is 5.75 Å². The van der Waals surface area contributed by atoms with Crippen LogP contribution in [0.5, 0.6) is 5.75 Å². The quantitative estimate of drug-likeness (QED) is 0.258. The third kappa shape index (κ3) is 3.17. The zero-order chi connectivity index (χ0) is 18.2. The van der Waals surface area contributed by atoms with Gasteiger partial charge in [0.05, 0.1) is 11.1 Å². The zero-order valence-corrected chi connectivity index (χ0v) is 11.1. The van der Waals surface area contributed by atoms with Crippen LogP contribution in [0, 0.1) is 29.1 Å². The maximum Gasteiger partial charge on any atom is 0.416 e. The average molecular weight is 356 g/mol. The molecule has 2 nitrogen and oxygen atoms in total. The third-order valence-corrected chi connectivity index (χ3v) is 2.79. The predicted molar refractivity (Wildman–Crippen MR) is 62.6 cm³/mol. The summed E-state index contributed by atoms with van der Waals surface area (Å²) in [6.45, 7) is 0. The minimum Gasteiger partial charge on any atom is -0.416 e. The first-order valence-electron chi connectivity index (χ1n) is 5.95. The van der Waals surface area contributed by atoms with Crippen LogP contribution in [0.25, 0.3) is 0 Å². The highest BCUT2D eigenvalue weighted by Gasteiger charge is 2.32. The van der Waals surface area contributed by atoms with Crippen molar-refractivity contribution in [2.75, 3.05) is 0 Å². The fourth-order valence-electron chi connectivity index (χ4n) is 1.65. The Bertz CT molecular complexity index is 784. The van der Waals surface area contributed by atoms with Gasteiger partial charge in [0.1, 0.15) is 0 Å². The van der Waals surface area contributed by atoms with Crippen molar-refractivity contribution >= 4 is 5.97 Å². The Balaban J connectivity index is 2.42. The summed E-state index contributed by atoms with van der Waals surface area (Å²) in [6, 6.07) is 2.52. The molecule has 0 aliphatic heterocycles. The van der Waals surface area contributed by atoms with Gasteiger partial charge in [0.25, 0.3) is 0 Å². The van der Waals surface area contributed by atoms with Gasteiger partial charge in [0, 0.05) is 0 Å². The molecule has 2 aromatic carbocycles. The molecule has 0 aliphatic rings. The van der Waals surface area contributed by atoms with Crippen LogP contribution in [0.2, 0.25) is 0 Å². The number of ether oxygens (including phenoxy) is 1. The van der Waals surface area contributed by atoms with Crippen LogP contribution >= 0.6 is 0 Å². The van der Waals surface area contributed by atoms with E-state index in [1.807, 2.05) is 0 Å². The summed E-state index contributed by atoms with van der Waals surface area (Å²) < 4.78 is 107. The molecule has 0 amide bonds. The number of hydrogen-bond donors (Lipinski definition) is 0. The molecule has 0 spiro atoms. The van der Waals surface area contributed by atoms with Crippen LogP contribution in [-0.2, 0) is 6.18 Å². The van der Waals surface area contributed by atoms with E-state index in [-0.39, 0.29) is 0 Å². The Kier molecular flexibility index (Phi) is 4.50. The second-order valence-corrected chi connectivity index (χ2v) is 4.37. The van der Waals surface area contributed by atoms with Gasteiger partial charge in [0.2, 0.25) is 34.8 Å². The van der Waals surface area contributed by atoms with Crippen LogP contribution in [0.1, 0.15) is 15.9 Å². The molecule has 128 valence electrons. The Hall–Kier alpha value is -2.65. The van der Waals surface area contributed by atoms with E-state index in [1.165, 1.54) is 0 Å². The molecule has 0 saturated carbocycles. The normalized spacial score (nSPS) is 11.5. The summed E-state index contributed by atoms with van der Waals surface area (Å²) in [4.78, 5) is 11.6. The van der Waals surface area contributed by atoms with Gasteiger partial charge in [-0.3, -0.25) is 0 Å². The van der Waals surface area contributed by atoms with Crippen LogP contribution in [-0.4, -0.2) is 5.97 Å². The Labute approximate surface area is 128 Å². The number of rotatable bonds is 2. The highest BCUT2D eigenvalue weighted by atomic mass is 19.4. The summed E-state index contributed by atoms with van der Waals surface area (Å²) in [5, 5.41) is 0. The second-order valence-electron chi connectivity index (χ2n) is 4.37. The lowest BCUT2D eigenvalue weighted by Crippen LogP contribution is -2.15. The molecule has 2 aromatic rings. The number of esters is 1. The van der Waals surface area contributed by atoms with Crippen molar-refractivity contribution in [3.63, 3.8) is 0 Å². The number of carbonyl (C=O) groups excluding carboxylic acids is 1. The van der Waals surface area contributed by atoms with Crippen molar-refractivity contribution in [3.05, 3.63) is 64.5 Å². The van der Waals surface area contributed by atoms with Crippen molar-refractivity contribution in [2.24, 2.45) is 0 Å². The molecule has 0 heterocycles. The summed E-state index contributed by atoms with van der Waals surface area (Å²) in [5.74, 6) is -15.7. The van der Waals surface area contributed by atoms with Gasteiger partial charge in [-0.2, -0.15) is 22.0 Å². The molecular weight excluding hydrogens is 352 g/mol. The lowest BCUT2D eigenvalue weighted by molar-refractivity contribution is -0.137. The van der Waals surface area contributed by atoms with Crippen molar-refractivity contribution in [1.82, 2.24) is 0 Å². The molecular formula is C14H4F8O2. The fraction of sp³-hybridized carbons (Fsp3) is 0.0714. The van der Waals surface area contributed by atoms with Crippen LogP contribution < -0.4 is 4.74 Å². The molecule has 0 unspecified atom stereocenters. The lowest BCUT2D eigenvalue weighted by atomic mass is 10.1. The van der Waals surface area contributed by atoms with Gasteiger partial charge in [-0.15, -0.1) is 0 Å². The third-order valence-electron chi connectivity index (χ3n) is 2.79. The van der Waals surface area contributed by atoms with E-state index in [2.05, 4.69) is 4.74 Å². The van der Waals surface area contributed by atoms with E-state index in [4.69, 9.17) is 0 Å². The van der Waals surface area contributed by atoms with E-state index in [0.29, 0.717) is 12.1 Å². The first-order valence-corrected chi connectivity index (χ1v) is 5.95.